The number of benzene rings is 2. The van der Waals surface area contributed by atoms with Crippen LogP contribution in [0.15, 0.2) is 47.0 Å². The Morgan fingerprint density at radius 1 is 1.24 bits per heavy atom. The van der Waals surface area contributed by atoms with E-state index in [0.29, 0.717) is 5.02 Å². The number of amides is 1. The number of aromatic nitrogens is 1. The van der Waals surface area contributed by atoms with Crippen molar-refractivity contribution in [2.24, 2.45) is 0 Å². The summed E-state index contributed by atoms with van der Waals surface area (Å²) in [6, 6.07) is 10.5. The zero-order valence-electron chi connectivity index (χ0n) is 12.4. The lowest BCUT2D eigenvalue weighted by Crippen LogP contribution is -2.19. The number of halogens is 4. The highest BCUT2D eigenvalue weighted by Gasteiger charge is 2.29. The summed E-state index contributed by atoms with van der Waals surface area (Å²) in [6.45, 7) is -1.47. The predicted molar refractivity (Wildman–Crippen MR) is 85.0 cm³/mol. The first-order valence-electron chi connectivity index (χ1n) is 6.98. The number of rotatable bonds is 4. The third-order valence-electron chi connectivity index (χ3n) is 3.17. The molecule has 0 spiro atoms. The quantitative estimate of drug-likeness (QED) is 0.724. The molecule has 25 heavy (non-hydrogen) atoms. The van der Waals surface area contributed by atoms with Crippen molar-refractivity contribution in [1.29, 1.82) is 0 Å². The molecule has 5 nitrogen and oxygen atoms in total. The second-order valence-electron chi connectivity index (χ2n) is 5.03. The average Bonchev–Trinajstić information content (AvgIpc) is 2.96. The van der Waals surface area contributed by atoms with Crippen LogP contribution in [0.4, 0.5) is 19.0 Å². The standard InChI is InChI=1S/C16H10ClF3N2O3/c17-10-4-1-3-9(7-10)15(23)21-14-13-11(24-8-16(18,19)20)5-2-6-12(13)25-22-14/h1-7H,8H2,(H,21,22,23). The van der Waals surface area contributed by atoms with Gasteiger partial charge in [0.25, 0.3) is 5.91 Å². The number of ether oxygens (including phenoxy) is 1. The molecule has 9 heteroatoms. The van der Waals surface area contributed by atoms with Gasteiger partial charge in [0.05, 0.1) is 0 Å². The molecule has 0 unspecified atom stereocenters. The normalized spacial score (nSPS) is 11.5. The lowest BCUT2D eigenvalue weighted by molar-refractivity contribution is -0.153. The Hall–Kier alpha value is -2.74. The summed E-state index contributed by atoms with van der Waals surface area (Å²) in [5.74, 6) is -0.682. The molecule has 1 heterocycles. The van der Waals surface area contributed by atoms with Crippen molar-refractivity contribution in [3.8, 4) is 5.75 Å². The van der Waals surface area contributed by atoms with Gasteiger partial charge in [-0.1, -0.05) is 28.9 Å². The second kappa shape index (κ2) is 6.64. The smallest absolute Gasteiger partial charge is 0.422 e. The van der Waals surface area contributed by atoms with Crippen LogP contribution in [0, 0.1) is 0 Å². The number of anilines is 1. The Kier molecular flexibility index (Phi) is 4.54. The van der Waals surface area contributed by atoms with E-state index in [4.69, 9.17) is 20.9 Å². The van der Waals surface area contributed by atoms with Crippen LogP contribution in [0.3, 0.4) is 0 Å². The molecule has 1 aromatic heterocycles. The van der Waals surface area contributed by atoms with E-state index in [1.807, 2.05) is 0 Å². The fraction of sp³-hybridized carbons (Fsp3) is 0.125. The topological polar surface area (TPSA) is 64.4 Å². The average molecular weight is 371 g/mol. The van der Waals surface area contributed by atoms with E-state index in [1.165, 1.54) is 30.3 Å². The SMILES string of the molecule is O=C(Nc1noc2cccc(OCC(F)(F)F)c12)c1cccc(Cl)c1. The summed E-state index contributed by atoms with van der Waals surface area (Å²) in [7, 11) is 0. The summed E-state index contributed by atoms with van der Waals surface area (Å²) in [6.07, 6.45) is -4.50. The van der Waals surface area contributed by atoms with Crippen LogP contribution < -0.4 is 10.1 Å². The molecule has 3 aromatic rings. The predicted octanol–water partition coefficient (Wildman–Crippen LogP) is 4.67. The molecule has 3 rings (SSSR count). The van der Waals surface area contributed by atoms with Gasteiger partial charge in [-0.3, -0.25) is 4.79 Å². The molecule has 0 saturated carbocycles. The summed E-state index contributed by atoms with van der Waals surface area (Å²) in [5, 5.41) is 6.68. The molecule has 1 amide bonds. The fourth-order valence-corrected chi connectivity index (χ4v) is 2.33. The molecular weight excluding hydrogens is 361 g/mol. The van der Waals surface area contributed by atoms with Gasteiger partial charge in [-0.15, -0.1) is 0 Å². The first kappa shape index (κ1) is 17.1. The maximum Gasteiger partial charge on any atom is 0.422 e. The Bertz CT molecular complexity index is 924. The lowest BCUT2D eigenvalue weighted by Gasteiger charge is -2.10. The van der Waals surface area contributed by atoms with Crippen molar-refractivity contribution in [3.05, 3.63) is 53.1 Å². The highest BCUT2D eigenvalue weighted by molar-refractivity contribution is 6.31. The number of hydrogen-bond acceptors (Lipinski definition) is 4. The van der Waals surface area contributed by atoms with Gasteiger partial charge in [-0.2, -0.15) is 13.2 Å². The largest absolute Gasteiger partial charge is 0.483 e. The number of hydrogen-bond donors (Lipinski definition) is 1. The minimum atomic E-state index is -4.50. The highest BCUT2D eigenvalue weighted by Crippen LogP contribution is 2.33. The van der Waals surface area contributed by atoms with Crippen molar-refractivity contribution in [2.75, 3.05) is 11.9 Å². The van der Waals surface area contributed by atoms with Gasteiger partial charge in [0.15, 0.2) is 18.0 Å². The first-order chi connectivity index (χ1) is 11.8. The number of fused-ring (bicyclic) bond motifs is 1. The number of nitrogens with zero attached hydrogens (tertiary/aromatic N) is 1. The molecule has 0 saturated heterocycles. The maximum atomic E-state index is 12.4. The zero-order valence-corrected chi connectivity index (χ0v) is 13.2. The van der Waals surface area contributed by atoms with Crippen molar-refractivity contribution < 1.29 is 27.2 Å². The van der Waals surface area contributed by atoms with Gasteiger partial charge in [-0.25, -0.2) is 0 Å². The summed E-state index contributed by atoms with van der Waals surface area (Å²) in [5.41, 5.74) is 0.443. The van der Waals surface area contributed by atoms with E-state index in [9.17, 15) is 18.0 Å². The van der Waals surface area contributed by atoms with E-state index in [0.717, 1.165) is 0 Å². The minimum Gasteiger partial charge on any atom is -0.483 e. The Morgan fingerprint density at radius 3 is 2.72 bits per heavy atom. The van der Waals surface area contributed by atoms with Gasteiger partial charge in [0.1, 0.15) is 11.1 Å². The number of nitrogens with one attached hydrogen (secondary N) is 1. The van der Waals surface area contributed by atoms with Gasteiger partial charge < -0.3 is 14.6 Å². The van der Waals surface area contributed by atoms with Crippen LogP contribution >= 0.6 is 11.6 Å². The summed E-state index contributed by atoms with van der Waals surface area (Å²) >= 11 is 5.83. The molecule has 0 aliphatic heterocycles. The monoisotopic (exact) mass is 370 g/mol. The molecule has 2 aromatic carbocycles. The molecule has 0 bridgehead atoms. The maximum absolute atomic E-state index is 12.4. The molecule has 0 radical (unpaired) electrons. The van der Waals surface area contributed by atoms with Crippen LogP contribution in [0.25, 0.3) is 11.0 Å². The zero-order chi connectivity index (χ0) is 18.0. The van der Waals surface area contributed by atoms with Crippen LogP contribution in [0.2, 0.25) is 5.02 Å². The number of alkyl halides is 3. The first-order valence-corrected chi connectivity index (χ1v) is 7.36. The van der Waals surface area contributed by atoms with Crippen molar-refractivity contribution >= 4 is 34.3 Å². The van der Waals surface area contributed by atoms with E-state index in [2.05, 4.69) is 10.5 Å². The van der Waals surface area contributed by atoms with Crippen molar-refractivity contribution in [3.63, 3.8) is 0 Å². The van der Waals surface area contributed by atoms with Crippen LogP contribution in [0.1, 0.15) is 10.4 Å². The molecule has 0 aliphatic carbocycles. The van der Waals surface area contributed by atoms with Gasteiger partial charge >= 0.3 is 6.18 Å². The number of carbonyl (C=O) groups is 1. The van der Waals surface area contributed by atoms with Gasteiger partial charge in [0.2, 0.25) is 0 Å². The fourth-order valence-electron chi connectivity index (χ4n) is 2.14. The van der Waals surface area contributed by atoms with Gasteiger partial charge in [-0.05, 0) is 30.3 Å². The minimum absolute atomic E-state index is 0.0437. The van der Waals surface area contributed by atoms with E-state index in [-0.39, 0.29) is 28.1 Å². The molecule has 0 aliphatic rings. The summed E-state index contributed by atoms with van der Waals surface area (Å²) in [4.78, 5) is 12.3. The van der Waals surface area contributed by atoms with Gasteiger partial charge in [0, 0.05) is 10.6 Å². The Morgan fingerprint density at radius 2 is 2.00 bits per heavy atom. The molecule has 130 valence electrons. The molecule has 1 N–H and O–H groups in total. The third-order valence-corrected chi connectivity index (χ3v) is 3.41. The van der Waals surface area contributed by atoms with E-state index in [1.54, 1.807) is 12.1 Å². The third kappa shape index (κ3) is 4.03. The Balaban J connectivity index is 1.90. The van der Waals surface area contributed by atoms with E-state index < -0.39 is 18.7 Å². The van der Waals surface area contributed by atoms with E-state index >= 15 is 0 Å². The van der Waals surface area contributed by atoms with Crippen molar-refractivity contribution in [1.82, 2.24) is 5.16 Å². The Labute approximate surface area is 144 Å². The molecular formula is C16H10ClF3N2O3. The molecule has 0 fully saturated rings. The van der Waals surface area contributed by atoms with Crippen molar-refractivity contribution in [2.45, 2.75) is 6.18 Å². The second-order valence-corrected chi connectivity index (χ2v) is 5.47. The lowest BCUT2D eigenvalue weighted by atomic mass is 10.2. The van der Waals surface area contributed by atoms with Crippen LogP contribution in [0.5, 0.6) is 5.75 Å². The highest BCUT2D eigenvalue weighted by atomic mass is 35.5. The number of carbonyl (C=O) groups excluding carboxylic acids is 1. The van der Waals surface area contributed by atoms with Crippen LogP contribution in [-0.4, -0.2) is 23.8 Å². The molecule has 0 atom stereocenters. The summed E-state index contributed by atoms with van der Waals surface area (Å²) < 4.78 is 47.0. The van der Waals surface area contributed by atoms with Crippen LogP contribution in [-0.2, 0) is 0 Å².